The third-order valence-corrected chi connectivity index (χ3v) is 5.69. The van der Waals surface area contributed by atoms with Crippen LogP contribution < -0.4 is 20.6 Å². The van der Waals surface area contributed by atoms with E-state index in [1.54, 1.807) is 0 Å². The number of rotatable bonds is 3. The number of hydrogen-bond acceptors (Lipinski definition) is 8. The van der Waals surface area contributed by atoms with Crippen LogP contribution in [0, 0.1) is 0 Å². The number of anilines is 1. The Labute approximate surface area is 202 Å². The largest absolute Gasteiger partial charge is 0.491 e. The van der Waals surface area contributed by atoms with Crippen molar-refractivity contribution in [1.82, 2.24) is 10.3 Å². The van der Waals surface area contributed by atoms with Crippen molar-refractivity contribution in [3.63, 3.8) is 0 Å². The Kier molecular flexibility index (Phi) is 5.85. The fourth-order valence-electron chi connectivity index (χ4n) is 4.00. The molecule has 0 amide bonds. The first-order valence-corrected chi connectivity index (χ1v) is 10.8. The Hall–Kier alpha value is -4.07. The summed E-state index contributed by atoms with van der Waals surface area (Å²) in [4.78, 5) is 30.5. The Morgan fingerprint density at radius 3 is 2.43 bits per heavy atom. The SMILES string of the molecule is O=C(Oc1c(-c2nc3cccc(C(F)(F)F)c3o2)c(=O)oc2cc(N3CCNCC3)ccc12)C(F)(F)F. The van der Waals surface area contributed by atoms with E-state index in [9.17, 15) is 35.9 Å². The number of aromatic nitrogens is 1. The summed E-state index contributed by atoms with van der Waals surface area (Å²) in [7, 11) is 0. The molecular formula is C23H15F6N3O5. The van der Waals surface area contributed by atoms with Gasteiger partial charge in [0.1, 0.15) is 16.7 Å². The molecule has 1 fully saturated rings. The highest BCUT2D eigenvalue weighted by atomic mass is 19.4. The van der Waals surface area contributed by atoms with Crippen molar-refractivity contribution in [2.75, 3.05) is 31.1 Å². The van der Waals surface area contributed by atoms with Crippen molar-refractivity contribution < 1.29 is 44.7 Å². The van der Waals surface area contributed by atoms with Crippen molar-refractivity contribution in [2.45, 2.75) is 12.4 Å². The summed E-state index contributed by atoms with van der Waals surface area (Å²) in [5.41, 5.74) is -4.11. The third-order valence-electron chi connectivity index (χ3n) is 5.69. The standard InChI is InChI=1S/C23H15F6N3O5/c24-22(25,26)13-2-1-3-14-18(13)36-19(31-14)16-17(37-21(34)23(27,28)29)12-5-4-11(10-15(12)35-20(16)33)32-8-6-30-7-9-32/h1-5,10,30H,6-9H2. The number of carbonyl (C=O) groups excluding carboxylic acids is 1. The lowest BCUT2D eigenvalue weighted by molar-refractivity contribution is -0.189. The number of fused-ring (bicyclic) bond motifs is 2. The Morgan fingerprint density at radius 2 is 1.76 bits per heavy atom. The minimum absolute atomic E-state index is 0.207. The molecule has 1 saturated heterocycles. The Bertz CT molecular complexity index is 1570. The summed E-state index contributed by atoms with van der Waals surface area (Å²) in [5, 5.41) is 2.94. The molecule has 0 aliphatic carbocycles. The van der Waals surface area contributed by atoms with Gasteiger partial charge in [0.25, 0.3) is 0 Å². The quantitative estimate of drug-likeness (QED) is 0.236. The number of ether oxygens (including phenoxy) is 1. The minimum atomic E-state index is -5.44. The van der Waals surface area contributed by atoms with Gasteiger partial charge in [-0.05, 0) is 24.3 Å². The lowest BCUT2D eigenvalue weighted by atomic mass is 10.1. The molecule has 2 aromatic carbocycles. The number of oxazole rings is 1. The summed E-state index contributed by atoms with van der Waals surface area (Å²) in [6, 6.07) is 7.11. The lowest BCUT2D eigenvalue weighted by Gasteiger charge is -2.29. The highest BCUT2D eigenvalue weighted by Crippen LogP contribution is 2.40. The van der Waals surface area contributed by atoms with E-state index in [0.717, 1.165) is 12.1 Å². The van der Waals surface area contributed by atoms with E-state index in [0.29, 0.717) is 37.9 Å². The zero-order valence-corrected chi connectivity index (χ0v) is 18.5. The van der Waals surface area contributed by atoms with Gasteiger partial charge in [-0.3, -0.25) is 0 Å². The van der Waals surface area contributed by atoms with Gasteiger partial charge in [-0.2, -0.15) is 26.3 Å². The third kappa shape index (κ3) is 4.59. The molecule has 0 spiro atoms. The molecule has 4 aromatic rings. The fourth-order valence-corrected chi connectivity index (χ4v) is 4.00. The van der Waals surface area contributed by atoms with Crippen LogP contribution in [0.1, 0.15) is 5.56 Å². The number of alkyl halides is 6. The van der Waals surface area contributed by atoms with Gasteiger partial charge in [-0.1, -0.05) is 6.07 Å². The normalized spacial score (nSPS) is 14.9. The fraction of sp³-hybridized carbons (Fsp3) is 0.261. The van der Waals surface area contributed by atoms with Gasteiger partial charge >= 0.3 is 23.9 Å². The molecule has 2 aromatic heterocycles. The second-order valence-electron chi connectivity index (χ2n) is 8.07. The van der Waals surface area contributed by atoms with Crippen LogP contribution >= 0.6 is 0 Å². The van der Waals surface area contributed by atoms with Crippen LogP contribution in [-0.2, 0) is 11.0 Å². The number of hydrogen-bond donors (Lipinski definition) is 1. The van der Waals surface area contributed by atoms with Crippen LogP contribution in [0.25, 0.3) is 33.5 Å². The molecule has 0 radical (unpaired) electrons. The van der Waals surface area contributed by atoms with Crippen LogP contribution in [-0.4, -0.2) is 43.3 Å². The second kappa shape index (κ2) is 8.80. The summed E-state index contributed by atoms with van der Waals surface area (Å²) in [6.07, 6.45) is -10.3. The van der Waals surface area contributed by atoms with Gasteiger partial charge in [0, 0.05) is 37.9 Å². The van der Waals surface area contributed by atoms with Crippen LogP contribution in [0.2, 0.25) is 0 Å². The van der Waals surface area contributed by atoms with E-state index < -0.39 is 52.3 Å². The number of piperazine rings is 1. The molecule has 37 heavy (non-hydrogen) atoms. The van der Waals surface area contributed by atoms with E-state index in [4.69, 9.17) is 8.83 Å². The van der Waals surface area contributed by atoms with Crippen LogP contribution in [0.5, 0.6) is 5.75 Å². The maximum Gasteiger partial charge on any atom is 0.491 e. The monoisotopic (exact) mass is 527 g/mol. The molecule has 8 nitrogen and oxygen atoms in total. The van der Waals surface area contributed by atoms with Crippen LogP contribution in [0.3, 0.4) is 0 Å². The van der Waals surface area contributed by atoms with Gasteiger partial charge in [-0.25, -0.2) is 14.6 Å². The first-order valence-electron chi connectivity index (χ1n) is 10.8. The molecule has 1 aliphatic heterocycles. The topological polar surface area (TPSA) is 97.8 Å². The maximum absolute atomic E-state index is 13.4. The molecular weight excluding hydrogens is 512 g/mol. The van der Waals surface area contributed by atoms with Crippen molar-refractivity contribution in [2.24, 2.45) is 0 Å². The van der Waals surface area contributed by atoms with Gasteiger partial charge in [-0.15, -0.1) is 0 Å². The molecule has 3 heterocycles. The maximum atomic E-state index is 13.4. The zero-order chi connectivity index (χ0) is 26.5. The van der Waals surface area contributed by atoms with Gasteiger partial charge < -0.3 is 23.8 Å². The lowest BCUT2D eigenvalue weighted by Crippen LogP contribution is -2.43. The first-order chi connectivity index (χ1) is 17.4. The molecule has 0 atom stereocenters. The van der Waals surface area contributed by atoms with Gasteiger partial charge in [0.15, 0.2) is 16.9 Å². The van der Waals surface area contributed by atoms with E-state index in [-0.39, 0.29) is 16.5 Å². The average molecular weight is 527 g/mol. The number of para-hydroxylation sites is 1. The minimum Gasteiger partial charge on any atom is -0.435 e. The average Bonchev–Trinajstić information content (AvgIpc) is 3.26. The summed E-state index contributed by atoms with van der Waals surface area (Å²) in [5.74, 6) is -4.36. The Balaban J connectivity index is 1.73. The summed E-state index contributed by atoms with van der Waals surface area (Å²) < 4.78 is 94.5. The highest BCUT2D eigenvalue weighted by molar-refractivity contribution is 5.95. The number of esters is 1. The second-order valence-corrected chi connectivity index (χ2v) is 8.07. The van der Waals surface area contributed by atoms with Crippen molar-refractivity contribution >= 4 is 33.7 Å². The van der Waals surface area contributed by atoms with E-state index in [2.05, 4.69) is 15.0 Å². The van der Waals surface area contributed by atoms with Crippen molar-refractivity contribution in [3.8, 4) is 17.2 Å². The van der Waals surface area contributed by atoms with E-state index in [1.807, 2.05) is 4.90 Å². The summed E-state index contributed by atoms with van der Waals surface area (Å²) in [6.45, 7) is 2.56. The number of nitrogens with one attached hydrogen (secondary N) is 1. The smallest absolute Gasteiger partial charge is 0.435 e. The molecule has 0 unspecified atom stereocenters. The number of halogens is 6. The number of nitrogens with zero attached hydrogens (tertiary/aromatic N) is 2. The molecule has 14 heteroatoms. The molecule has 194 valence electrons. The van der Waals surface area contributed by atoms with E-state index >= 15 is 0 Å². The van der Waals surface area contributed by atoms with Gasteiger partial charge in [0.2, 0.25) is 5.89 Å². The zero-order valence-electron chi connectivity index (χ0n) is 18.5. The molecule has 5 rings (SSSR count). The molecule has 1 aliphatic rings. The summed E-state index contributed by atoms with van der Waals surface area (Å²) >= 11 is 0. The first kappa shape index (κ1) is 24.6. The molecule has 0 saturated carbocycles. The number of carbonyl (C=O) groups is 1. The van der Waals surface area contributed by atoms with Gasteiger partial charge in [0.05, 0.1) is 5.39 Å². The molecule has 0 bridgehead atoms. The number of benzene rings is 2. The highest BCUT2D eigenvalue weighted by Gasteiger charge is 2.43. The molecule has 1 N–H and O–H groups in total. The van der Waals surface area contributed by atoms with Crippen LogP contribution in [0.15, 0.2) is 50.0 Å². The van der Waals surface area contributed by atoms with Crippen molar-refractivity contribution in [1.29, 1.82) is 0 Å². The Morgan fingerprint density at radius 1 is 1.03 bits per heavy atom. The van der Waals surface area contributed by atoms with Crippen molar-refractivity contribution in [3.05, 3.63) is 52.4 Å². The predicted octanol–water partition coefficient (Wildman–Crippen LogP) is 4.50. The predicted molar refractivity (Wildman–Crippen MR) is 117 cm³/mol. The van der Waals surface area contributed by atoms with Crippen LogP contribution in [0.4, 0.5) is 32.0 Å². The van der Waals surface area contributed by atoms with E-state index in [1.165, 1.54) is 18.2 Å².